The van der Waals surface area contributed by atoms with Gasteiger partial charge in [-0.05, 0) is 30.5 Å². The lowest BCUT2D eigenvalue weighted by molar-refractivity contribution is -0.120. The van der Waals surface area contributed by atoms with Crippen LogP contribution >= 0.6 is 0 Å². The standard InChI is InChI=1S/C21H28N6O3/c1-29-17-6-4-16(5-7-17)14-19(28)22-15-18-23-20(26-8-2-3-9-26)25-21(24-18)27-10-12-30-13-11-27/h4-7H,2-3,8-15H2,1H3,(H,22,28). The van der Waals surface area contributed by atoms with Gasteiger partial charge in [0.2, 0.25) is 17.8 Å². The van der Waals surface area contributed by atoms with Crippen LogP contribution in [-0.2, 0) is 22.5 Å². The molecular formula is C21H28N6O3. The molecule has 0 spiro atoms. The molecule has 4 rings (SSSR count). The minimum atomic E-state index is -0.0729. The Morgan fingerprint density at radius 1 is 1.00 bits per heavy atom. The molecule has 3 heterocycles. The highest BCUT2D eigenvalue weighted by Gasteiger charge is 2.21. The monoisotopic (exact) mass is 412 g/mol. The van der Waals surface area contributed by atoms with E-state index >= 15 is 0 Å². The number of hydrogen-bond donors (Lipinski definition) is 1. The van der Waals surface area contributed by atoms with Crippen LogP contribution < -0.4 is 19.9 Å². The number of morpholine rings is 1. The SMILES string of the molecule is COc1ccc(CC(=O)NCc2nc(N3CCCC3)nc(N3CCOCC3)n2)cc1. The molecule has 2 saturated heterocycles. The van der Waals surface area contributed by atoms with Gasteiger partial charge in [0.25, 0.3) is 0 Å². The third-order valence-electron chi connectivity index (χ3n) is 5.31. The van der Waals surface area contributed by atoms with Gasteiger partial charge in [-0.15, -0.1) is 0 Å². The fraction of sp³-hybridized carbons (Fsp3) is 0.524. The predicted octanol–water partition coefficient (Wildman–Crippen LogP) is 1.18. The van der Waals surface area contributed by atoms with Crippen molar-refractivity contribution < 1.29 is 14.3 Å². The summed E-state index contributed by atoms with van der Waals surface area (Å²) in [6, 6.07) is 7.49. The van der Waals surface area contributed by atoms with E-state index in [-0.39, 0.29) is 12.5 Å². The van der Waals surface area contributed by atoms with E-state index in [0.29, 0.717) is 37.4 Å². The van der Waals surface area contributed by atoms with Crippen LogP contribution in [0.2, 0.25) is 0 Å². The first-order valence-corrected chi connectivity index (χ1v) is 10.4. The van der Waals surface area contributed by atoms with Gasteiger partial charge < -0.3 is 24.6 Å². The third-order valence-corrected chi connectivity index (χ3v) is 5.31. The number of methoxy groups -OCH3 is 1. The highest BCUT2D eigenvalue weighted by atomic mass is 16.5. The first kappa shape index (κ1) is 20.3. The predicted molar refractivity (Wildman–Crippen MR) is 113 cm³/mol. The Labute approximate surface area is 176 Å². The number of nitrogens with zero attached hydrogens (tertiary/aromatic N) is 5. The second kappa shape index (κ2) is 9.71. The Bertz CT molecular complexity index is 848. The lowest BCUT2D eigenvalue weighted by atomic mass is 10.1. The van der Waals surface area contributed by atoms with E-state index in [4.69, 9.17) is 14.5 Å². The molecule has 2 aliphatic heterocycles. The molecule has 160 valence electrons. The van der Waals surface area contributed by atoms with Crippen molar-refractivity contribution in [1.29, 1.82) is 0 Å². The molecule has 0 bridgehead atoms. The van der Waals surface area contributed by atoms with Gasteiger partial charge in [0.05, 0.1) is 33.3 Å². The van der Waals surface area contributed by atoms with Crippen LogP contribution in [0.3, 0.4) is 0 Å². The van der Waals surface area contributed by atoms with E-state index in [2.05, 4.69) is 25.1 Å². The number of nitrogens with one attached hydrogen (secondary N) is 1. The Balaban J connectivity index is 1.43. The summed E-state index contributed by atoms with van der Waals surface area (Å²) in [5, 5.41) is 2.94. The van der Waals surface area contributed by atoms with E-state index in [9.17, 15) is 4.79 Å². The quantitative estimate of drug-likeness (QED) is 0.725. The topological polar surface area (TPSA) is 92.7 Å². The summed E-state index contributed by atoms with van der Waals surface area (Å²) < 4.78 is 10.6. The second-order valence-electron chi connectivity index (χ2n) is 7.45. The van der Waals surface area contributed by atoms with Crippen LogP contribution in [0.25, 0.3) is 0 Å². The van der Waals surface area contributed by atoms with Crippen molar-refractivity contribution in [1.82, 2.24) is 20.3 Å². The number of hydrogen-bond acceptors (Lipinski definition) is 8. The van der Waals surface area contributed by atoms with E-state index in [1.54, 1.807) is 7.11 Å². The average Bonchev–Trinajstić information content (AvgIpc) is 3.34. The third kappa shape index (κ3) is 5.15. The molecule has 30 heavy (non-hydrogen) atoms. The minimum Gasteiger partial charge on any atom is -0.497 e. The summed E-state index contributed by atoms with van der Waals surface area (Å²) in [4.78, 5) is 30.7. The smallest absolute Gasteiger partial charge is 0.230 e. The number of anilines is 2. The van der Waals surface area contributed by atoms with Gasteiger partial charge in [-0.1, -0.05) is 12.1 Å². The second-order valence-corrected chi connectivity index (χ2v) is 7.45. The van der Waals surface area contributed by atoms with Gasteiger partial charge in [0.15, 0.2) is 5.82 Å². The zero-order valence-corrected chi connectivity index (χ0v) is 17.3. The van der Waals surface area contributed by atoms with Crippen LogP contribution in [0.15, 0.2) is 24.3 Å². The summed E-state index contributed by atoms with van der Waals surface area (Å²) >= 11 is 0. The number of benzene rings is 1. The molecule has 0 unspecified atom stereocenters. The van der Waals surface area contributed by atoms with E-state index in [0.717, 1.165) is 50.3 Å². The molecule has 2 fully saturated rings. The van der Waals surface area contributed by atoms with Gasteiger partial charge in [0.1, 0.15) is 5.75 Å². The van der Waals surface area contributed by atoms with E-state index < -0.39 is 0 Å². The summed E-state index contributed by atoms with van der Waals surface area (Å²) in [7, 11) is 1.62. The molecule has 0 radical (unpaired) electrons. The fourth-order valence-electron chi connectivity index (χ4n) is 3.61. The van der Waals surface area contributed by atoms with Gasteiger partial charge in [0, 0.05) is 26.2 Å². The summed E-state index contributed by atoms with van der Waals surface area (Å²) in [5.41, 5.74) is 0.927. The molecule has 1 N–H and O–H groups in total. The molecule has 2 aliphatic rings. The van der Waals surface area contributed by atoms with Crippen molar-refractivity contribution >= 4 is 17.8 Å². The number of aromatic nitrogens is 3. The first-order valence-electron chi connectivity index (χ1n) is 10.4. The number of carbonyl (C=O) groups is 1. The van der Waals surface area contributed by atoms with Crippen LogP contribution in [-0.4, -0.2) is 67.4 Å². The Hall–Kier alpha value is -2.94. The molecule has 2 aromatic rings. The molecule has 1 amide bonds. The van der Waals surface area contributed by atoms with Crippen LogP contribution in [0, 0.1) is 0 Å². The van der Waals surface area contributed by atoms with Crippen molar-refractivity contribution in [2.75, 3.05) is 56.3 Å². The largest absolute Gasteiger partial charge is 0.497 e. The van der Waals surface area contributed by atoms with Crippen LogP contribution in [0.1, 0.15) is 24.2 Å². The Morgan fingerprint density at radius 2 is 1.63 bits per heavy atom. The molecule has 1 aromatic carbocycles. The van der Waals surface area contributed by atoms with Crippen LogP contribution in [0.5, 0.6) is 5.75 Å². The highest BCUT2D eigenvalue weighted by Crippen LogP contribution is 2.19. The van der Waals surface area contributed by atoms with Gasteiger partial charge >= 0.3 is 0 Å². The van der Waals surface area contributed by atoms with Gasteiger partial charge in [-0.25, -0.2) is 0 Å². The van der Waals surface area contributed by atoms with Gasteiger partial charge in [-0.2, -0.15) is 15.0 Å². The Morgan fingerprint density at radius 3 is 2.27 bits per heavy atom. The molecular weight excluding hydrogens is 384 g/mol. The Kier molecular flexibility index (Phi) is 6.58. The average molecular weight is 412 g/mol. The van der Waals surface area contributed by atoms with E-state index in [1.807, 2.05) is 24.3 Å². The molecule has 9 heteroatoms. The number of rotatable bonds is 7. The fourth-order valence-corrected chi connectivity index (χ4v) is 3.61. The maximum absolute atomic E-state index is 12.4. The first-order chi connectivity index (χ1) is 14.7. The summed E-state index contributed by atoms with van der Waals surface area (Å²) in [5.74, 6) is 2.64. The number of amides is 1. The normalized spacial score (nSPS) is 16.6. The minimum absolute atomic E-state index is 0.0729. The van der Waals surface area contributed by atoms with Crippen molar-refractivity contribution in [2.24, 2.45) is 0 Å². The van der Waals surface area contributed by atoms with Crippen molar-refractivity contribution in [3.05, 3.63) is 35.7 Å². The molecule has 0 saturated carbocycles. The summed E-state index contributed by atoms with van der Waals surface area (Å²) in [6.07, 6.45) is 2.59. The van der Waals surface area contributed by atoms with E-state index in [1.165, 1.54) is 0 Å². The zero-order chi connectivity index (χ0) is 20.8. The van der Waals surface area contributed by atoms with Gasteiger partial charge in [-0.3, -0.25) is 4.79 Å². The number of ether oxygens (including phenoxy) is 2. The van der Waals surface area contributed by atoms with Crippen LogP contribution in [0.4, 0.5) is 11.9 Å². The lowest BCUT2D eigenvalue weighted by Crippen LogP contribution is -2.38. The molecule has 0 aliphatic carbocycles. The summed E-state index contributed by atoms with van der Waals surface area (Å²) in [6.45, 7) is 5.03. The lowest BCUT2D eigenvalue weighted by Gasteiger charge is -2.28. The zero-order valence-electron chi connectivity index (χ0n) is 17.3. The number of carbonyl (C=O) groups excluding carboxylic acids is 1. The maximum atomic E-state index is 12.4. The van der Waals surface area contributed by atoms with Crippen molar-refractivity contribution in [3.63, 3.8) is 0 Å². The maximum Gasteiger partial charge on any atom is 0.230 e. The van der Waals surface area contributed by atoms with Crippen molar-refractivity contribution in [2.45, 2.75) is 25.8 Å². The van der Waals surface area contributed by atoms with Crippen molar-refractivity contribution in [3.8, 4) is 5.75 Å². The molecule has 9 nitrogen and oxygen atoms in total. The highest BCUT2D eigenvalue weighted by molar-refractivity contribution is 5.78. The molecule has 0 atom stereocenters. The molecule has 1 aromatic heterocycles.